The number of hydrogen-bond acceptors (Lipinski definition) is 4. The number of benzene rings is 2. The monoisotopic (exact) mass is 439 g/mol. The lowest BCUT2D eigenvalue weighted by atomic mass is 10.1. The van der Waals surface area contributed by atoms with Crippen LogP contribution < -0.4 is 16.4 Å². The van der Waals surface area contributed by atoms with Crippen molar-refractivity contribution in [3.63, 3.8) is 0 Å². The molecule has 0 bridgehead atoms. The van der Waals surface area contributed by atoms with Crippen molar-refractivity contribution >= 4 is 23.7 Å². The second-order valence-corrected chi connectivity index (χ2v) is 7.34. The summed E-state index contributed by atoms with van der Waals surface area (Å²) in [6.45, 7) is 2.46. The Morgan fingerprint density at radius 1 is 1.03 bits per heavy atom. The lowest BCUT2D eigenvalue weighted by Crippen LogP contribution is -2.49. The molecule has 1 aliphatic heterocycles. The molecule has 2 aromatic rings. The zero-order valence-corrected chi connectivity index (χ0v) is 18.0. The van der Waals surface area contributed by atoms with Gasteiger partial charge in [-0.1, -0.05) is 54.6 Å². The van der Waals surface area contributed by atoms with Gasteiger partial charge in [-0.05, 0) is 24.0 Å². The molecule has 1 aliphatic rings. The van der Waals surface area contributed by atoms with Crippen molar-refractivity contribution in [1.29, 1.82) is 5.41 Å². The summed E-state index contributed by atoms with van der Waals surface area (Å²) in [5, 5.41) is 20.6. The predicted octanol–water partition coefficient (Wildman–Crippen LogP) is 2.05. The minimum absolute atomic E-state index is 0.0127. The zero-order chi connectivity index (χ0) is 23.5. The van der Waals surface area contributed by atoms with E-state index in [1.807, 2.05) is 42.5 Å². The van der Waals surface area contributed by atoms with Crippen molar-refractivity contribution in [2.24, 2.45) is 5.73 Å². The van der Waals surface area contributed by atoms with Crippen molar-refractivity contribution < 1.29 is 19.5 Å². The smallest absolute Gasteiger partial charge is 0.318 e. The first-order valence-corrected chi connectivity index (χ1v) is 10.3. The molecule has 1 saturated heterocycles. The van der Waals surface area contributed by atoms with Gasteiger partial charge in [0.15, 0.2) is 0 Å². The third-order valence-electron chi connectivity index (χ3n) is 4.83. The van der Waals surface area contributed by atoms with E-state index in [0.717, 1.165) is 24.5 Å². The minimum Gasteiger partial charge on any atom is -0.481 e. The van der Waals surface area contributed by atoms with Crippen LogP contribution >= 0.6 is 0 Å². The molecule has 2 aromatic carbocycles. The molecule has 0 radical (unpaired) electrons. The molecule has 170 valence electrons. The van der Waals surface area contributed by atoms with E-state index in [1.165, 1.54) is 0 Å². The summed E-state index contributed by atoms with van der Waals surface area (Å²) in [6.07, 6.45) is 1.47. The summed E-state index contributed by atoms with van der Waals surface area (Å²) >= 11 is 0. The first kappa shape index (κ1) is 24.4. The van der Waals surface area contributed by atoms with E-state index in [1.54, 1.807) is 17.0 Å². The van der Waals surface area contributed by atoms with Gasteiger partial charge in [0.05, 0.1) is 0 Å². The number of likely N-dealkylation sites (tertiary alicyclic amines) is 1. The average molecular weight is 440 g/mol. The van der Waals surface area contributed by atoms with Gasteiger partial charge in [0, 0.05) is 32.1 Å². The number of carbonyl (C=O) groups excluding carboxylic acids is 2. The minimum atomic E-state index is -0.833. The Morgan fingerprint density at radius 3 is 2.19 bits per heavy atom. The number of carbonyl (C=O) groups is 3. The van der Waals surface area contributed by atoms with Gasteiger partial charge in [0.1, 0.15) is 11.9 Å². The molecule has 0 unspecified atom stereocenters. The number of urea groups is 1. The second-order valence-electron chi connectivity index (χ2n) is 7.34. The largest absolute Gasteiger partial charge is 0.481 e. The van der Waals surface area contributed by atoms with E-state index in [-0.39, 0.29) is 17.8 Å². The van der Waals surface area contributed by atoms with E-state index in [2.05, 4.69) is 10.6 Å². The maximum absolute atomic E-state index is 12.6. The molecule has 3 rings (SSSR count). The number of rotatable bonds is 6. The van der Waals surface area contributed by atoms with E-state index < -0.39 is 12.0 Å². The summed E-state index contributed by atoms with van der Waals surface area (Å²) < 4.78 is 0. The first-order valence-electron chi connectivity index (χ1n) is 10.3. The molecule has 1 fully saturated rings. The van der Waals surface area contributed by atoms with Gasteiger partial charge in [-0.15, -0.1) is 0 Å². The van der Waals surface area contributed by atoms with Crippen LogP contribution in [0, 0.1) is 5.41 Å². The summed E-state index contributed by atoms with van der Waals surface area (Å²) in [5.74, 6) is -0.971. The summed E-state index contributed by atoms with van der Waals surface area (Å²) in [7, 11) is 0. The predicted molar refractivity (Wildman–Crippen MR) is 121 cm³/mol. The molecule has 9 heteroatoms. The van der Waals surface area contributed by atoms with Gasteiger partial charge in [-0.25, -0.2) is 4.79 Å². The highest BCUT2D eigenvalue weighted by Gasteiger charge is 2.33. The number of hydrogen-bond donors (Lipinski definition) is 5. The van der Waals surface area contributed by atoms with Gasteiger partial charge in [0.25, 0.3) is 5.97 Å². The number of aliphatic carboxylic acids is 1. The van der Waals surface area contributed by atoms with Crippen LogP contribution in [0.5, 0.6) is 0 Å². The van der Waals surface area contributed by atoms with E-state index in [4.69, 9.17) is 21.0 Å². The Morgan fingerprint density at radius 2 is 1.59 bits per heavy atom. The number of amides is 3. The third kappa shape index (κ3) is 7.75. The molecule has 32 heavy (non-hydrogen) atoms. The van der Waals surface area contributed by atoms with Crippen molar-refractivity contribution in [1.82, 2.24) is 15.5 Å². The molecule has 1 atom stereocenters. The highest BCUT2D eigenvalue weighted by molar-refractivity contribution is 5.94. The van der Waals surface area contributed by atoms with Crippen LogP contribution in [0.2, 0.25) is 0 Å². The Hall–Kier alpha value is -3.88. The lowest BCUT2D eigenvalue weighted by Gasteiger charge is -2.24. The number of carboxylic acid groups (broad SMARTS) is 1. The van der Waals surface area contributed by atoms with Crippen molar-refractivity contribution in [2.75, 3.05) is 6.54 Å². The normalized spacial score (nSPS) is 14.7. The Kier molecular flexibility index (Phi) is 9.22. The lowest BCUT2D eigenvalue weighted by molar-refractivity contribution is -0.134. The van der Waals surface area contributed by atoms with Gasteiger partial charge in [-0.3, -0.25) is 15.0 Å². The van der Waals surface area contributed by atoms with E-state index in [9.17, 15) is 9.59 Å². The molecule has 3 amide bonds. The maximum atomic E-state index is 12.6. The van der Waals surface area contributed by atoms with Gasteiger partial charge in [-0.2, -0.15) is 0 Å². The second kappa shape index (κ2) is 12.1. The fraction of sp³-hybridized carbons (Fsp3) is 0.304. The van der Waals surface area contributed by atoms with E-state index >= 15 is 0 Å². The number of carboxylic acids is 1. The average Bonchev–Trinajstić information content (AvgIpc) is 3.26. The molecular formula is C23H29N5O4. The Balaban J connectivity index is 0.000000837. The van der Waals surface area contributed by atoms with Gasteiger partial charge < -0.3 is 26.4 Å². The maximum Gasteiger partial charge on any atom is 0.318 e. The van der Waals surface area contributed by atoms with Crippen LogP contribution in [-0.2, 0) is 22.7 Å². The number of amidine groups is 1. The molecule has 0 aromatic heterocycles. The highest BCUT2D eigenvalue weighted by atomic mass is 16.4. The SMILES string of the molecule is CC(=O)O.N=C(N)c1ccc(CNC(=O)[C@@H]2CCCN2C(=O)NCc2ccccc2)cc1. The third-order valence-corrected chi connectivity index (χ3v) is 4.83. The fourth-order valence-corrected chi connectivity index (χ4v) is 3.27. The molecular weight excluding hydrogens is 410 g/mol. The molecule has 9 nitrogen and oxygen atoms in total. The highest BCUT2D eigenvalue weighted by Crippen LogP contribution is 2.18. The number of nitrogens with one attached hydrogen (secondary N) is 3. The molecule has 0 spiro atoms. The standard InChI is InChI=1S/C21H25N5O2.C2H4O2/c22-19(23)17-10-8-16(9-11-17)13-24-20(27)18-7-4-12-26(18)21(28)25-14-15-5-2-1-3-6-15;1-2(3)4/h1-3,5-6,8-11,18H,4,7,12-14H2,(H3,22,23)(H,24,27)(H,25,28);1H3,(H,3,4)/t18-;/m0./s1. The number of nitrogen functional groups attached to an aromatic ring is 1. The Labute approximate surface area is 187 Å². The molecule has 0 aliphatic carbocycles. The fourth-order valence-electron chi connectivity index (χ4n) is 3.27. The molecule has 0 saturated carbocycles. The number of nitrogens with two attached hydrogens (primary N) is 1. The molecule has 6 N–H and O–H groups in total. The summed E-state index contributed by atoms with van der Waals surface area (Å²) in [4.78, 5) is 35.7. The van der Waals surface area contributed by atoms with E-state index in [0.29, 0.717) is 31.6 Å². The summed E-state index contributed by atoms with van der Waals surface area (Å²) in [6, 6.07) is 16.2. The van der Waals surface area contributed by atoms with Gasteiger partial charge in [0.2, 0.25) is 5.91 Å². The summed E-state index contributed by atoms with van der Waals surface area (Å²) in [5.41, 5.74) is 8.02. The van der Waals surface area contributed by atoms with Gasteiger partial charge >= 0.3 is 6.03 Å². The number of nitrogens with zero attached hydrogens (tertiary/aromatic N) is 1. The van der Waals surface area contributed by atoms with Crippen LogP contribution in [0.1, 0.15) is 36.5 Å². The van der Waals surface area contributed by atoms with Crippen LogP contribution in [0.15, 0.2) is 54.6 Å². The zero-order valence-electron chi connectivity index (χ0n) is 18.0. The van der Waals surface area contributed by atoms with Crippen LogP contribution in [-0.4, -0.2) is 46.3 Å². The Bertz CT molecular complexity index is 927. The van der Waals surface area contributed by atoms with Crippen LogP contribution in [0.4, 0.5) is 4.79 Å². The quantitative estimate of drug-likeness (QED) is 0.345. The van der Waals surface area contributed by atoms with Crippen molar-refractivity contribution in [3.8, 4) is 0 Å². The topological polar surface area (TPSA) is 149 Å². The van der Waals surface area contributed by atoms with Crippen molar-refractivity contribution in [2.45, 2.75) is 38.9 Å². The van der Waals surface area contributed by atoms with Crippen LogP contribution in [0.3, 0.4) is 0 Å². The first-order chi connectivity index (χ1) is 15.3. The van der Waals surface area contributed by atoms with Crippen LogP contribution in [0.25, 0.3) is 0 Å². The van der Waals surface area contributed by atoms with Crippen molar-refractivity contribution in [3.05, 3.63) is 71.3 Å². The molecule has 1 heterocycles.